The average Bonchev–Trinajstić information content (AvgIpc) is 2.89. The Kier molecular flexibility index (Phi) is 4.25. The van der Waals surface area contributed by atoms with Gasteiger partial charge in [-0.1, -0.05) is 25.0 Å². The molecule has 3 nitrogen and oxygen atoms in total. The van der Waals surface area contributed by atoms with Gasteiger partial charge in [0.15, 0.2) is 5.78 Å². The Morgan fingerprint density at radius 1 is 1.32 bits per heavy atom. The van der Waals surface area contributed by atoms with E-state index >= 15 is 0 Å². The summed E-state index contributed by atoms with van der Waals surface area (Å²) in [6, 6.07) is 7.57. The van der Waals surface area contributed by atoms with Crippen molar-refractivity contribution in [1.29, 1.82) is 0 Å². The van der Waals surface area contributed by atoms with Crippen LogP contribution in [-0.2, 0) is 0 Å². The van der Waals surface area contributed by atoms with Crippen molar-refractivity contribution in [2.45, 2.75) is 38.1 Å². The minimum absolute atomic E-state index is 0.233. The molecule has 0 heterocycles. The molecule has 0 aromatic heterocycles. The third kappa shape index (κ3) is 2.66. The van der Waals surface area contributed by atoms with Crippen LogP contribution in [0.2, 0.25) is 0 Å². The number of benzene rings is 1. The van der Waals surface area contributed by atoms with Gasteiger partial charge in [-0.15, -0.1) is 0 Å². The number of hydrogen-bond donors (Lipinski definition) is 0. The topological polar surface area (TPSA) is 29.5 Å². The van der Waals surface area contributed by atoms with E-state index in [9.17, 15) is 4.79 Å². The number of nitrogens with zero attached hydrogens (tertiary/aromatic N) is 1. The smallest absolute Gasteiger partial charge is 0.183 e. The monoisotopic (exact) mass is 261 g/mol. The first-order chi connectivity index (χ1) is 9.10. The number of ether oxygens (including phenoxy) is 1. The highest BCUT2D eigenvalue weighted by molar-refractivity contribution is 6.03. The summed E-state index contributed by atoms with van der Waals surface area (Å²) in [5.41, 5.74) is 0.451. The molecule has 0 aliphatic heterocycles. The van der Waals surface area contributed by atoms with Gasteiger partial charge in [-0.05, 0) is 46.0 Å². The summed E-state index contributed by atoms with van der Waals surface area (Å²) in [4.78, 5) is 15.0. The second-order valence-electron chi connectivity index (χ2n) is 5.42. The minimum atomic E-state index is -0.315. The quantitative estimate of drug-likeness (QED) is 0.763. The minimum Gasteiger partial charge on any atom is -0.494 e. The van der Waals surface area contributed by atoms with Gasteiger partial charge in [0.2, 0.25) is 0 Å². The molecule has 1 saturated carbocycles. The van der Waals surface area contributed by atoms with E-state index in [4.69, 9.17) is 4.74 Å². The van der Waals surface area contributed by atoms with Gasteiger partial charge >= 0.3 is 0 Å². The first-order valence-corrected chi connectivity index (χ1v) is 7.05. The van der Waals surface area contributed by atoms with Crippen LogP contribution in [0.1, 0.15) is 43.0 Å². The van der Waals surface area contributed by atoms with Gasteiger partial charge in [0.1, 0.15) is 5.75 Å². The van der Waals surface area contributed by atoms with Crippen molar-refractivity contribution in [3.8, 4) is 5.75 Å². The lowest BCUT2D eigenvalue weighted by Crippen LogP contribution is -2.48. The molecule has 0 spiro atoms. The van der Waals surface area contributed by atoms with Crippen molar-refractivity contribution in [2.75, 3.05) is 20.7 Å². The van der Waals surface area contributed by atoms with Gasteiger partial charge < -0.3 is 4.74 Å². The zero-order chi connectivity index (χ0) is 13.9. The second-order valence-corrected chi connectivity index (χ2v) is 5.42. The maximum atomic E-state index is 12.9. The van der Waals surface area contributed by atoms with Crippen molar-refractivity contribution < 1.29 is 9.53 Å². The average molecular weight is 261 g/mol. The van der Waals surface area contributed by atoms with Crippen LogP contribution in [0.5, 0.6) is 5.75 Å². The first kappa shape index (κ1) is 14.1. The Hall–Kier alpha value is -1.35. The van der Waals surface area contributed by atoms with E-state index < -0.39 is 0 Å². The predicted octanol–water partition coefficient (Wildman–Crippen LogP) is 3.14. The Labute approximate surface area is 115 Å². The molecule has 1 aromatic carbocycles. The molecule has 1 aliphatic carbocycles. The fourth-order valence-electron chi connectivity index (χ4n) is 3.00. The van der Waals surface area contributed by atoms with Crippen LogP contribution in [0.4, 0.5) is 0 Å². The molecule has 0 N–H and O–H groups in total. The predicted molar refractivity (Wildman–Crippen MR) is 76.8 cm³/mol. The second kappa shape index (κ2) is 5.74. The van der Waals surface area contributed by atoms with Crippen molar-refractivity contribution in [3.63, 3.8) is 0 Å². The van der Waals surface area contributed by atoms with Crippen molar-refractivity contribution in [1.82, 2.24) is 4.90 Å². The normalized spacial score (nSPS) is 17.7. The van der Waals surface area contributed by atoms with E-state index in [0.717, 1.165) is 37.0 Å². The molecular weight excluding hydrogens is 238 g/mol. The van der Waals surface area contributed by atoms with Gasteiger partial charge in [-0.25, -0.2) is 0 Å². The van der Waals surface area contributed by atoms with E-state index in [-0.39, 0.29) is 11.3 Å². The van der Waals surface area contributed by atoms with Gasteiger partial charge in [-0.3, -0.25) is 9.69 Å². The Balaban J connectivity index is 2.29. The largest absolute Gasteiger partial charge is 0.494 e. The molecule has 3 heteroatoms. The molecule has 2 rings (SSSR count). The Morgan fingerprint density at radius 2 is 2.00 bits per heavy atom. The molecule has 0 unspecified atom stereocenters. The maximum Gasteiger partial charge on any atom is 0.183 e. The summed E-state index contributed by atoms with van der Waals surface area (Å²) in [5.74, 6) is 1.01. The van der Waals surface area contributed by atoms with E-state index in [0.29, 0.717) is 6.61 Å². The molecule has 19 heavy (non-hydrogen) atoms. The third-order valence-electron chi connectivity index (χ3n) is 4.12. The molecule has 0 saturated heterocycles. The van der Waals surface area contributed by atoms with Crippen molar-refractivity contribution >= 4 is 5.78 Å². The highest BCUT2D eigenvalue weighted by atomic mass is 16.5. The van der Waals surface area contributed by atoms with Gasteiger partial charge in [0.05, 0.1) is 12.1 Å². The van der Waals surface area contributed by atoms with Crippen molar-refractivity contribution in [2.24, 2.45) is 0 Å². The van der Waals surface area contributed by atoms with Crippen LogP contribution in [0.15, 0.2) is 24.3 Å². The number of carbonyl (C=O) groups excluding carboxylic acids is 1. The van der Waals surface area contributed by atoms with Crippen LogP contribution >= 0.6 is 0 Å². The Bertz CT molecular complexity index is 448. The van der Waals surface area contributed by atoms with Crippen LogP contribution in [-0.4, -0.2) is 36.9 Å². The molecule has 104 valence electrons. The van der Waals surface area contributed by atoms with Gasteiger partial charge in [0.25, 0.3) is 0 Å². The zero-order valence-electron chi connectivity index (χ0n) is 12.1. The fourth-order valence-corrected chi connectivity index (χ4v) is 3.00. The molecule has 0 bridgehead atoms. The number of likely N-dealkylation sites (N-methyl/N-ethyl adjacent to an activating group) is 1. The molecule has 0 atom stereocenters. The van der Waals surface area contributed by atoms with E-state index in [2.05, 4.69) is 4.90 Å². The van der Waals surface area contributed by atoms with E-state index in [1.54, 1.807) is 0 Å². The lowest BCUT2D eigenvalue weighted by molar-refractivity contribution is 0.0693. The Morgan fingerprint density at radius 3 is 2.58 bits per heavy atom. The zero-order valence-corrected chi connectivity index (χ0v) is 12.1. The van der Waals surface area contributed by atoms with Gasteiger partial charge in [-0.2, -0.15) is 0 Å². The van der Waals surface area contributed by atoms with Crippen LogP contribution in [0.3, 0.4) is 0 Å². The number of hydrogen-bond acceptors (Lipinski definition) is 3. The summed E-state index contributed by atoms with van der Waals surface area (Å²) in [7, 11) is 4.02. The summed E-state index contributed by atoms with van der Waals surface area (Å²) in [6.45, 7) is 2.57. The summed E-state index contributed by atoms with van der Waals surface area (Å²) in [5, 5.41) is 0. The first-order valence-electron chi connectivity index (χ1n) is 7.05. The highest BCUT2D eigenvalue weighted by Gasteiger charge is 2.43. The summed E-state index contributed by atoms with van der Waals surface area (Å²) < 4.78 is 5.49. The molecule has 1 aliphatic rings. The molecular formula is C16H23NO2. The molecule has 0 amide bonds. The van der Waals surface area contributed by atoms with E-state index in [1.165, 1.54) is 0 Å². The lowest BCUT2D eigenvalue weighted by Gasteiger charge is -2.34. The lowest BCUT2D eigenvalue weighted by atomic mass is 9.86. The summed E-state index contributed by atoms with van der Waals surface area (Å²) >= 11 is 0. The molecule has 0 radical (unpaired) electrons. The van der Waals surface area contributed by atoms with Crippen LogP contribution < -0.4 is 4.74 Å². The number of ketones is 1. The third-order valence-corrected chi connectivity index (χ3v) is 4.12. The van der Waals surface area contributed by atoms with Crippen molar-refractivity contribution in [3.05, 3.63) is 29.8 Å². The van der Waals surface area contributed by atoms with Gasteiger partial charge in [0, 0.05) is 5.56 Å². The number of carbonyl (C=O) groups is 1. The van der Waals surface area contributed by atoms with Crippen LogP contribution in [0.25, 0.3) is 0 Å². The number of Topliss-reactive ketones (excluding diaryl/α,β-unsaturated/α-hetero) is 1. The van der Waals surface area contributed by atoms with Crippen LogP contribution in [0, 0.1) is 0 Å². The SMILES string of the molecule is CCOc1cccc(C(=O)C2(N(C)C)CCCC2)c1. The maximum absolute atomic E-state index is 12.9. The highest BCUT2D eigenvalue weighted by Crippen LogP contribution is 2.37. The fraction of sp³-hybridized carbons (Fsp3) is 0.562. The molecule has 1 fully saturated rings. The number of rotatable bonds is 5. The molecule has 1 aromatic rings. The van der Waals surface area contributed by atoms with E-state index in [1.807, 2.05) is 45.3 Å². The standard InChI is InChI=1S/C16H23NO2/c1-4-19-14-9-7-8-13(12-14)15(18)16(17(2)3)10-5-6-11-16/h7-9,12H,4-6,10-11H2,1-3H3. The summed E-state index contributed by atoms with van der Waals surface area (Å²) in [6.07, 6.45) is 4.18.